The van der Waals surface area contributed by atoms with Gasteiger partial charge in [0.15, 0.2) is 6.10 Å². The van der Waals surface area contributed by atoms with E-state index in [1.54, 1.807) is 79.5 Å². The molecule has 2 fully saturated rings. The number of nitrogens with zero attached hydrogens (tertiary/aromatic N) is 3. The van der Waals surface area contributed by atoms with E-state index < -0.39 is 157 Å². The summed E-state index contributed by atoms with van der Waals surface area (Å²) in [6.45, 7) is 24.5. The molecule has 0 unspecified atom stereocenters. The van der Waals surface area contributed by atoms with Gasteiger partial charge in [-0.1, -0.05) is 119 Å². The third-order valence-electron chi connectivity index (χ3n) is 19.7. The van der Waals surface area contributed by atoms with Crippen LogP contribution in [0.2, 0.25) is 0 Å². The Morgan fingerprint density at radius 2 is 1.31 bits per heavy atom. The Bertz CT molecular complexity index is 3210. The van der Waals surface area contributed by atoms with Crippen molar-refractivity contribution in [2.45, 2.75) is 233 Å². The molecule has 10 amide bonds. The summed E-state index contributed by atoms with van der Waals surface area (Å²) in [5.41, 5.74) is 5.89. The maximum absolute atomic E-state index is 14.9. The summed E-state index contributed by atoms with van der Waals surface area (Å²) in [7, 11) is 4.40. The lowest BCUT2D eigenvalue weighted by atomic mass is 9.89. The number of hydrogen-bond acceptors (Lipinski definition) is 22. The highest BCUT2D eigenvalue weighted by molar-refractivity contribution is 5.99. The Labute approximate surface area is 647 Å². The topological polar surface area (TPSA) is 454 Å². The molecule has 0 saturated carbocycles. The number of carboxylic acids is 1. The average Bonchev–Trinajstić information content (AvgIpc) is 0.873. The van der Waals surface area contributed by atoms with Crippen LogP contribution in [0, 0.1) is 35.5 Å². The number of aliphatic hydroxyl groups excluding tert-OH is 4. The smallest absolute Gasteiger partial charge is 0.410 e. The van der Waals surface area contributed by atoms with Gasteiger partial charge in [0.1, 0.15) is 54.8 Å². The normalized spacial score (nSPS) is 19.9. The SMILES string of the molecule is CC[C@H](C)[C@@H]([C@@H](CC(=O)N1CCC[C@H]1C[C@@H](C)C(=O)N[C@H](C)[C@@H](O)c1ccccc1)OC)N(C)C(=O)[C@@H](NC(=O)[C@H](C(C)C)N(C)C(=O)OCc1ccc(NC(=O)[C@H](CCCNC(N)=O)NC(=O)[C@@H](NC(=O)CCOCCOCCOCCOCCC(C)C)C(C)C)c(O[C@@H]2O[C@H](C(=O)O)[C@@H](O)[C@H](O)[C@H]2O)c1)C(C)C. The fourth-order valence-corrected chi connectivity index (χ4v) is 13.0. The number of hydrogen-bond donors (Lipinski definition) is 12. The van der Waals surface area contributed by atoms with E-state index in [1.165, 1.54) is 37.3 Å². The number of aliphatic hydroxyl groups is 4. The number of amides is 10. The molecule has 2 aliphatic rings. The number of carbonyl (C=O) groups excluding carboxylic acids is 9. The van der Waals surface area contributed by atoms with Crippen molar-refractivity contribution in [3.8, 4) is 5.75 Å². The van der Waals surface area contributed by atoms with Crippen LogP contribution >= 0.6 is 0 Å². The molecule has 33 nitrogen and oxygen atoms in total. The monoisotopic (exact) mass is 1560 g/mol. The van der Waals surface area contributed by atoms with Gasteiger partial charge in [-0.3, -0.25) is 38.5 Å². The Hall–Kier alpha value is -7.86. The first kappa shape index (κ1) is 94.5. The molecule has 2 aromatic carbocycles. The number of carboxylic acid groups (broad SMARTS) is 1. The molecule has 2 aromatic rings. The van der Waals surface area contributed by atoms with Crippen LogP contribution in [0.15, 0.2) is 48.5 Å². The number of nitrogens with one attached hydrogen (secondary N) is 6. The third-order valence-corrected chi connectivity index (χ3v) is 19.7. The standard InChI is InChI=1S/C77H126N10O23/c1-16-48(10)63(57(103-15)42-59(89)87-31-21-24-53(87)40-49(11)69(94)80-50(12)64(90)52-22-18-17-19-23-52)85(13)73(98)61(46(6)7)84-72(97)62(47(8)9)86(14)77(102)108-43-51-26-27-54(56(41-51)109-75-67(93)65(91)66(92)68(110-75)74(99)100)81-70(95)55(25-20-30-79-76(78)101)82-71(96)60(45(4)5)83-58(88)29-33-105-35-37-107-39-38-106-36-34-104-32-28-44(2)3/h17-19,22-23,26-27,41,44-50,53,55,57,60-68,75,90-93H,16,20-21,24-25,28-40,42-43H2,1-15H3,(H,80,94)(H,81,95)(H,82,96)(H,83,88)(H,84,97)(H,99,100)(H3,78,79,101)/t48-,49+,50+,53-,55-,57+,60-,61-,62-,63-,64+,65-,66-,67+,68-,75+/m0/s1. The van der Waals surface area contributed by atoms with Crippen LogP contribution in [-0.2, 0) is 78.1 Å². The van der Waals surface area contributed by atoms with E-state index in [0.717, 1.165) is 17.7 Å². The van der Waals surface area contributed by atoms with Crippen molar-refractivity contribution in [1.82, 2.24) is 41.3 Å². The van der Waals surface area contributed by atoms with Gasteiger partial charge >= 0.3 is 18.1 Å². The molecule has 2 heterocycles. The number of aliphatic carboxylic acids is 1. The molecule has 0 aliphatic carbocycles. The van der Waals surface area contributed by atoms with Crippen LogP contribution in [0.3, 0.4) is 0 Å². The van der Waals surface area contributed by atoms with Gasteiger partial charge in [0, 0.05) is 59.3 Å². The number of primary amides is 1. The van der Waals surface area contributed by atoms with E-state index in [-0.39, 0.29) is 92.8 Å². The van der Waals surface area contributed by atoms with Gasteiger partial charge in [-0.2, -0.15) is 0 Å². The fourth-order valence-electron chi connectivity index (χ4n) is 13.0. The van der Waals surface area contributed by atoms with E-state index >= 15 is 0 Å². The van der Waals surface area contributed by atoms with E-state index in [0.29, 0.717) is 70.3 Å². The van der Waals surface area contributed by atoms with Gasteiger partial charge in [0.25, 0.3) is 0 Å². The zero-order valence-corrected chi connectivity index (χ0v) is 66.8. The Morgan fingerprint density at radius 3 is 1.88 bits per heavy atom. The molecule has 13 N–H and O–H groups in total. The van der Waals surface area contributed by atoms with Crippen molar-refractivity contribution in [3.05, 3.63) is 59.7 Å². The highest BCUT2D eigenvalue weighted by atomic mass is 16.7. The van der Waals surface area contributed by atoms with Crippen molar-refractivity contribution in [2.75, 3.05) is 92.5 Å². The van der Waals surface area contributed by atoms with Crippen molar-refractivity contribution < 1.29 is 111 Å². The summed E-state index contributed by atoms with van der Waals surface area (Å²) in [5, 5.41) is 69.4. The summed E-state index contributed by atoms with van der Waals surface area (Å²) in [4.78, 5) is 142. The Balaban J connectivity index is 1.50. The third kappa shape index (κ3) is 30.3. The van der Waals surface area contributed by atoms with Crippen LogP contribution in [0.25, 0.3) is 0 Å². The Kier molecular flexibility index (Phi) is 41.4. The van der Waals surface area contributed by atoms with E-state index in [4.69, 9.17) is 43.6 Å². The molecule has 2 saturated heterocycles. The van der Waals surface area contributed by atoms with Gasteiger partial charge < -0.3 is 111 Å². The van der Waals surface area contributed by atoms with Crippen molar-refractivity contribution in [1.29, 1.82) is 0 Å². The first-order chi connectivity index (χ1) is 52.0. The minimum atomic E-state index is -2.13. The molecule has 33 heteroatoms. The number of urea groups is 1. The van der Waals surface area contributed by atoms with Crippen molar-refractivity contribution >= 4 is 65.1 Å². The van der Waals surface area contributed by atoms with Gasteiger partial charge in [0.2, 0.25) is 47.6 Å². The summed E-state index contributed by atoms with van der Waals surface area (Å²) in [5.74, 6) is -7.70. The van der Waals surface area contributed by atoms with Crippen LogP contribution in [0.4, 0.5) is 15.3 Å². The molecule has 4 rings (SSSR count). The molecule has 0 radical (unpaired) electrons. The van der Waals surface area contributed by atoms with Gasteiger partial charge in [-0.25, -0.2) is 14.4 Å². The number of likely N-dealkylation sites (N-methyl/N-ethyl adjacent to an activating group) is 2. The molecule has 16 atom stereocenters. The summed E-state index contributed by atoms with van der Waals surface area (Å²) in [6.07, 6.45) is -10.2. The summed E-state index contributed by atoms with van der Waals surface area (Å²) >= 11 is 0. The number of nitrogens with two attached hydrogens (primary N) is 1. The van der Waals surface area contributed by atoms with Crippen LogP contribution in [0.5, 0.6) is 5.75 Å². The highest BCUT2D eigenvalue weighted by Gasteiger charge is 2.49. The molecule has 0 bridgehead atoms. The van der Waals surface area contributed by atoms with Gasteiger partial charge in [-0.05, 0) is 98.3 Å². The maximum Gasteiger partial charge on any atom is 0.410 e. The van der Waals surface area contributed by atoms with E-state index in [2.05, 4.69) is 45.7 Å². The lowest BCUT2D eigenvalue weighted by molar-refractivity contribution is -0.271. The first-order valence-electron chi connectivity index (χ1n) is 38.3. The predicted molar refractivity (Wildman–Crippen MR) is 405 cm³/mol. The number of ether oxygens (including phenoxy) is 8. The summed E-state index contributed by atoms with van der Waals surface area (Å²) in [6, 6.07) is 5.60. The van der Waals surface area contributed by atoms with Crippen LogP contribution < -0.4 is 42.4 Å². The highest BCUT2D eigenvalue weighted by Crippen LogP contribution is 2.33. The number of rotatable bonds is 49. The molecule has 2 aliphatic heterocycles. The van der Waals surface area contributed by atoms with Crippen LogP contribution in [-0.4, -0.2) is 266 Å². The zero-order chi connectivity index (χ0) is 82.1. The minimum absolute atomic E-state index is 0.00406. The predicted octanol–water partition coefficient (Wildman–Crippen LogP) is 3.74. The number of likely N-dealkylation sites (tertiary alicyclic amines) is 1. The fraction of sp³-hybridized carbons (Fsp3) is 0.714. The van der Waals surface area contributed by atoms with Crippen molar-refractivity contribution in [3.63, 3.8) is 0 Å². The second kappa shape index (κ2) is 48.1. The lowest BCUT2D eigenvalue weighted by Gasteiger charge is -2.40. The van der Waals surface area contributed by atoms with Gasteiger partial charge in [0.05, 0.1) is 82.6 Å². The van der Waals surface area contributed by atoms with Gasteiger partial charge in [-0.15, -0.1) is 0 Å². The summed E-state index contributed by atoms with van der Waals surface area (Å²) < 4.78 is 45.4. The molecule has 0 spiro atoms. The number of carbonyl (C=O) groups is 10. The van der Waals surface area contributed by atoms with E-state index in [1.807, 2.05) is 32.0 Å². The second-order valence-corrected chi connectivity index (χ2v) is 29.9. The first-order valence-corrected chi connectivity index (χ1v) is 38.3. The molecule has 0 aromatic heterocycles. The number of benzene rings is 2. The minimum Gasteiger partial charge on any atom is -0.479 e. The molecular formula is C77H126N10O23. The number of methoxy groups -OCH3 is 1. The number of anilines is 1. The quantitative estimate of drug-likeness (QED) is 0.0420. The largest absolute Gasteiger partial charge is 0.479 e. The van der Waals surface area contributed by atoms with Crippen LogP contribution in [0.1, 0.15) is 158 Å². The van der Waals surface area contributed by atoms with Crippen molar-refractivity contribution in [2.24, 2.45) is 41.2 Å². The lowest BCUT2D eigenvalue weighted by Crippen LogP contribution is -2.61. The second-order valence-electron chi connectivity index (χ2n) is 29.9. The maximum atomic E-state index is 14.9. The van der Waals surface area contributed by atoms with E-state index in [9.17, 15) is 73.5 Å². The Morgan fingerprint density at radius 1 is 0.691 bits per heavy atom. The average molecular weight is 1560 g/mol. The molecule has 110 heavy (non-hydrogen) atoms. The molecule has 622 valence electrons. The molecular weight excluding hydrogens is 1430 g/mol. The zero-order valence-electron chi connectivity index (χ0n) is 66.8.